The molecule has 1 aromatic rings. The highest BCUT2D eigenvalue weighted by atomic mass is 35.5. The van der Waals surface area contributed by atoms with Gasteiger partial charge in [0.05, 0.1) is 12.2 Å². The second-order valence-corrected chi connectivity index (χ2v) is 8.65. The second kappa shape index (κ2) is 9.80. The zero-order valence-corrected chi connectivity index (χ0v) is 19.7. The third-order valence-corrected chi connectivity index (χ3v) is 6.26. The molecule has 4 rings (SSSR count). The maximum absolute atomic E-state index is 12.6. The number of hydrogen-bond donors (Lipinski definition) is 2. The summed E-state index contributed by atoms with van der Waals surface area (Å²) < 4.78 is 5.46. The fourth-order valence-corrected chi connectivity index (χ4v) is 4.07. The van der Waals surface area contributed by atoms with Gasteiger partial charge in [0.1, 0.15) is 5.02 Å². The summed E-state index contributed by atoms with van der Waals surface area (Å²) in [6, 6.07) is -0.142. The molecule has 1 aromatic heterocycles. The van der Waals surface area contributed by atoms with Crippen LogP contribution >= 0.6 is 11.6 Å². The summed E-state index contributed by atoms with van der Waals surface area (Å²) in [5.74, 6) is 0.634. The van der Waals surface area contributed by atoms with Gasteiger partial charge in [-0.05, 0) is 19.2 Å². The number of carbonyl (C=O) groups excluding carboxylic acids is 2. The van der Waals surface area contributed by atoms with Crippen LogP contribution in [0.2, 0.25) is 5.02 Å². The van der Waals surface area contributed by atoms with Crippen LogP contribution in [-0.4, -0.2) is 91.6 Å². The molecule has 3 aliphatic rings. The van der Waals surface area contributed by atoms with Gasteiger partial charge >= 0.3 is 0 Å². The SMILES string of the molecule is CNC(=O)COC1=CC2C=C(Nc3nc(N4CCN(C)CC4)ncc3Cl)C=CC2N(C)C1=O. The van der Waals surface area contributed by atoms with Crippen LogP contribution in [0, 0.1) is 5.92 Å². The van der Waals surface area contributed by atoms with Crippen molar-refractivity contribution < 1.29 is 14.3 Å². The largest absolute Gasteiger partial charge is 0.478 e. The Labute approximate surface area is 197 Å². The summed E-state index contributed by atoms with van der Waals surface area (Å²) in [5.41, 5.74) is 0.797. The van der Waals surface area contributed by atoms with E-state index in [2.05, 4.69) is 37.4 Å². The van der Waals surface area contributed by atoms with Crippen molar-refractivity contribution in [2.75, 3.05) is 64.1 Å². The maximum Gasteiger partial charge on any atom is 0.288 e. The first-order valence-corrected chi connectivity index (χ1v) is 11.2. The van der Waals surface area contributed by atoms with Crippen LogP contribution in [-0.2, 0) is 14.3 Å². The number of ether oxygens (including phenoxy) is 1. The lowest BCUT2D eigenvalue weighted by atomic mass is 9.89. The first-order valence-electron chi connectivity index (χ1n) is 10.8. The lowest BCUT2D eigenvalue weighted by Gasteiger charge is -2.36. The van der Waals surface area contributed by atoms with Crippen LogP contribution in [0.25, 0.3) is 0 Å². The van der Waals surface area contributed by atoms with E-state index in [0.29, 0.717) is 16.8 Å². The first-order chi connectivity index (χ1) is 15.9. The summed E-state index contributed by atoms with van der Waals surface area (Å²) in [4.78, 5) is 39.2. The van der Waals surface area contributed by atoms with Crippen LogP contribution in [0.15, 0.2) is 42.0 Å². The Bertz CT molecular complexity index is 1020. The normalized spacial score (nSPS) is 23.0. The third-order valence-electron chi connectivity index (χ3n) is 5.98. The van der Waals surface area contributed by atoms with Crippen LogP contribution in [0.4, 0.5) is 11.8 Å². The summed E-state index contributed by atoms with van der Waals surface area (Å²) in [6.07, 6.45) is 9.21. The highest BCUT2D eigenvalue weighted by molar-refractivity contribution is 6.32. The molecular formula is C22H28ClN7O3. The lowest BCUT2D eigenvalue weighted by molar-refractivity contribution is -0.134. The second-order valence-electron chi connectivity index (χ2n) is 8.24. The van der Waals surface area contributed by atoms with Gasteiger partial charge in [0.15, 0.2) is 18.2 Å². The van der Waals surface area contributed by atoms with Crippen LogP contribution in [0.5, 0.6) is 0 Å². The van der Waals surface area contributed by atoms with E-state index in [1.807, 2.05) is 18.2 Å². The molecule has 2 atom stereocenters. The highest BCUT2D eigenvalue weighted by Gasteiger charge is 2.34. The molecule has 0 radical (unpaired) electrons. The Morgan fingerprint density at radius 3 is 2.73 bits per heavy atom. The minimum atomic E-state index is -0.301. The van der Waals surface area contributed by atoms with Gasteiger partial charge in [0.2, 0.25) is 5.95 Å². The van der Waals surface area contributed by atoms with Crippen molar-refractivity contribution in [2.45, 2.75) is 6.04 Å². The molecular weight excluding hydrogens is 446 g/mol. The quantitative estimate of drug-likeness (QED) is 0.627. The van der Waals surface area contributed by atoms with Crippen molar-refractivity contribution in [2.24, 2.45) is 5.92 Å². The zero-order chi connectivity index (χ0) is 23.5. The molecule has 176 valence electrons. The number of likely N-dealkylation sites (N-methyl/N-ethyl adjacent to an activating group) is 3. The van der Waals surface area contributed by atoms with Crippen LogP contribution in [0.3, 0.4) is 0 Å². The van der Waals surface area contributed by atoms with Gasteiger partial charge in [0.25, 0.3) is 11.8 Å². The lowest BCUT2D eigenvalue weighted by Crippen LogP contribution is -2.46. The minimum absolute atomic E-state index is 0.127. The molecule has 11 heteroatoms. The van der Waals surface area contributed by atoms with Gasteiger partial charge in [0, 0.05) is 51.9 Å². The molecule has 2 N–H and O–H groups in total. The average Bonchev–Trinajstić information content (AvgIpc) is 2.82. The van der Waals surface area contributed by atoms with E-state index in [9.17, 15) is 9.59 Å². The molecule has 1 aliphatic carbocycles. The molecule has 3 heterocycles. The maximum atomic E-state index is 12.6. The number of anilines is 2. The number of hydrogen-bond acceptors (Lipinski definition) is 8. The number of nitrogens with one attached hydrogen (secondary N) is 2. The predicted octanol–water partition coefficient (Wildman–Crippen LogP) is 0.851. The summed E-state index contributed by atoms with van der Waals surface area (Å²) >= 11 is 6.38. The fourth-order valence-electron chi connectivity index (χ4n) is 3.93. The van der Waals surface area contributed by atoms with Gasteiger partial charge in [-0.1, -0.05) is 23.8 Å². The smallest absolute Gasteiger partial charge is 0.288 e. The van der Waals surface area contributed by atoms with Gasteiger partial charge in [-0.2, -0.15) is 4.98 Å². The van der Waals surface area contributed by atoms with Gasteiger partial charge < -0.3 is 30.1 Å². The fraction of sp³-hybridized carbons (Fsp3) is 0.455. The highest BCUT2D eigenvalue weighted by Crippen LogP contribution is 2.31. The van der Waals surface area contributed by atoms with Gasteiger partial charge in [-0.15, -0.1) is 0 Å². The molecule has 0 aromatic carbocycles. The molecule has 10 nitrogen and oxygen atoms in total. The van der Waals surface area contributed by atoms with E-state index < -0.39 is 0 Å². The van der Waals surface area contributed by atoms with E-state index in [1.165, 1.54) is 7.05 Å². The van der Waals surface area contributed by atoms with Crippen LogP contribution in [0.1, 0.15) is 0 Å². The van der Waals surface area contributed by atoms with Crippen molar-refractivity contribution in [3.05, 3.63) is 47.0 Å². The predicted molar refractivity (Wildman–Crippen MR) is 126 cm³/mol. The van der Waals surface area contributed by atoms with Crippen molar-refractivity contribution in [3.63, 3.8) is 0 Å². The topological polar surface area (TPSA) is 103 Å². The molecule has 0 saturated carbocycles. The van der Waals surface area contributed by atoms with E-state index in [4.69, 9.17) is 16.3 Å². The Hall–Kier alpha value is -3.11. The van der Waals surface area contributed by atoms with Crippen LogP contribution < -0.4 is 15.5 Å². The number of allylic oxidation sites excluding steroid dienone is 1. The number of rotatable bonds is 6. The Morgan fingerprint density at radius 1 is 1.24 bits per heavy atom. The Morgan fingerprint density at radius 2 is 2.00 bits per heavy atom. The summed E-state index contributed by atoms with van der Waals surface area (Å²) in [6.45, 7) is 3.40. The van der Waals surface area contributed by atoms with Gasteiger partial charge in [-0.3, -0.25) is 9.59 Å². The van der Waals surface area contributed by atoms with Crippen molar-refractivity contribution in [1.82, 2.24) is 25.1 Å². The monoisotopic (exact) mass is 473 g/mol. The molecule has 2 aliphatic heterocycles. The summed E-state index contributed by atoms with van der Waals surface area (Å²) in [5, 5.41) is 6.19. The van der Waals surface area contributed by atoms with Gasteiger partial charge in [-0.25, -0.2) is 4.98 Å². The first kappa shape index (κ1) is 23.1. The van der Waals surface area contributed by atoms with E-state index >= 15 is 0 Å². The number of amides is 2. The molecule has 1 saturated heterocycles. The number of aromatic nitrogens is 2. The molecule has 2 unspecified atom stereocenters. The van der Waals surface area contributed by atoms with E-state index in [0.717, 1.165) is 31.9 Å². The van der Waals surface area contributed by atoms with Crippen molar-refractivity contribution in [3.8, 4) is 0 Å². The van der Waals surface area contributed by atoms with E-state index in [1.54, 1.807) is 24.2 Å². The standard InChI is InChI=1S/C22H28ClN7O3/c1-24-19(31)13-33-18-11-14-10-15(4-5-17(14)29(3)21(18)32)26-20-16(23)12-25-22(27-20)30-8-6-28(2)7-9-30/h4-5,10-12,14,17H,6-9,13H2,1-3H3,(H,24,31)(H,25,26,27). The number of halogens is 1. The Balaban J connectivity index is 1.51. The molecule has 1 fully saturated rings. The molecule has 33 heavy (non-hydrogen) atoms. The van der Waals surface area contributed by atoms with Crippen molar-refractivity contribution in [1.29, 1.82) is 0 Å². The number of fused-ring (bicyclic) bond motifs is 1. The van der Waals surface area contributed by atoms with Crippen molar-refractivity contribution >= 4 is 35.2 Å². The minimum Gasteiger partial charge on any atom is -0.478 e. The number of piperazine rings is 1. The number of carbonyl (C=O) groups is 2. The van der Waals surface area contributed by atoms with E-state index in [-0.39, 0.29) is 36.1 Å². The molecule has 0 bridgehead atoms. The molecule has 0 spiro atoms. The third kappa shape index (κ3) is 5.12. The Kier molecular flexibility index (Phi) is 6.85. The summed E-state index contributed by atoms with van der Waals surface area (Å²) in [7, 11) is 5.34. The average molecular weight is 474 g/mol. The zero-order valence-electron chi connectivity index (χ0n) is 18.9. The number of nitrogens with zero attached hydrogens (tertiary/aromatic N) is 5. The molecule has 2 amide bonds.